The number of aliphatic imine (C=N–C) groups is 1. The molecular weight excluding hydrogens is 336 g/mol. The molecule has 0 aromatic carbocycles. The van der Waals surface area contributed by atoms with Crippen LogP contribution in [-0.4, -0.2) is 68.4 Å². The highest BCUT2D eigenvalue weighted by Gasteiger charge is 2.23. The molecule has 1 aliphatic heterocycles. The summed E-state index contributed by atoms with van der Waals surface area (Å²) in [4.78, 5) is 7.01. The van der Waals surface area contributed by atoms with E-state index in [1.807, 2.05) is 30.7 Å². The number of aliphatic hydroxyl groups is 1. The van der Waals surface area contributed by atoms with E-state index in [0.717, 1.165) is 63.9 Å². The Morgan fingerprint density at radius 1 is 1.36 bits per heavy atom. The molecule has 1 fully saturated rings. The second kappa shape index (κ2) is 10.8. The third-order valence-corrected chi connectivity index (χ3v) is 5.01. The van der Waals surface area contributed by atoms with E-state index in [-0.39, 0.29) is 0 Å². The minimum atomic E-state index is -0.932. The average Bonchev–Trinajstić information content (AvgIpc) is 3.16. The number of morpholine rings is 1. The highest BCUT2D eigenvalue weighted by atomic mass is 32.1. The Morgan fingerprint density at radius 2 is 2.16 bits per heavy atom. The van der Waals surface area contributed by atoms with Crippen LogP contribution in [-0.2, 0) is 10.3 Å². The van der Waals surface area contributed by atoms with Gasteiger partial charge in [-0.15, -0.1) is 0 Å². The maximum atomic E-state index is 10.6. The van der Waals surface area contributed by atoms with Crippen LogP contribution in [0.15, 0.2) is 21.8 Å². The van der Waals surface area contributed by atoms with Crippen molar-refractivity contribution in [2.24, 2.45) is 4.99 Å². The van der Waals surface area contributed by atoms with Crippen LogP contribution in [0.3, 0.4) is 0 Å². The number of nitrogens with one attached hydrogen (secondary N) is 2. The van der Waals surface area contributed by atoms with Gasteiger partial charge in [-0.1, -0.05) is 0 Å². The largest absolute Gasteiger partial charge is 0.383 e. The third-order valence-electron chi connectivity index (χ3n) is 4.33. The molecule has 0 aliphatic carbocycles. The van der Waals surface area contributed by atoms with Gasteiger partial charge in [-0.2, -0.15) is 11.3 Å². The zero-order valence-corrected chi connectivity index (χ0v) is 16.3. The summed E-state index contributed by atoms with van der Waals surface area (Å²) in [5.41, 5.74) is -0.0128. The van der Waals surface area contributed by atoms with Gasteiger partial charge in [-0.3, -0.25) is 4.90 Å². The number of hydrogen-bond acceptors (Lipinski definition) is 5. The van der Waals surface area contributed by atoms with Crippen molar-refractivity contribution in [1.29, 1.82) is 0 Å². The Bertz CT molecular complexity index is 499. The van der Waals surface area contributed by atoms with Crippen LogP contribution in [0, 0.1) is 0 Å². The number of hydrogen-bond donors (Lipinski definition) is 3. The maximum Gasteiger partial charge on any atom is 0.191 e. The van der Waals surface area contributed by atoms with Crippen LogP contribution in [0.2, 0.25) is 0 Å². The molecule has 142 valence electrons. The fourth-order valence-corrected chi connectivity index (χ4v) is 3.51. The van der Waals surface area contributed by atoms with E-state index in [4.69, 9.17) is 4.74 Å². The summed E-state index contributed by atoms with van der Waals surface area (Å²) in [7, 11) is 0. The fraction of sp³-hybridized carbons (Fsp3) is 0.722. The maximum absolute atomic E-state index is 10.6. The van der Waals surface area contributed by atoms with E-state index in [2.05, 4.69) is 20.5 Å². The first-order valence-corrected chi connectivity index (χ1v) is 10.1. The lowest BCUT2D eigenvalue weighted by Gasteiger charge is -2.26. The predicted molar refractivity (Wildman–Crippen MR) is 104 cm³/mol. The number of nitrogens with zero attached hydrogens (tertiary/aromatic N) is 2. The number of thiophene rings is 1. The normalized spacial score (nSPS) is 18.8. The van der Waals surface area contributed by atoms with Crippen molar-refractivity contribution in [1.82, 2.24) is 15.5 Å². The summed E-state index contributed by atoms with van der Waals surface area (Å²) in [6.45, 7) is 10.8. The van der Waals surface area contributed by atoms with Gasteiger partial charge < -0.3 is 20.5 Å². The van der Waals surface area contributed by atoms with E-state index in [0.29, 0.717) is 6.54 Å². The van der Waals surface area contributed by atoms with E-state index in [1.54, 1.807) is 11.3 Å². The quantitative estimate of drug-likeness (QED) is 0.351. The molecular formula is C18H32N4O2S. The van der Waals surface area contributed by atoms with E-state index in [9.17, 15) is 5.11 Å². The summed E-state index contributed by atoms with van der Waals surface area (Å²) in [5.74, 6) is 0.768. The van der Waals surface area contributed by atoms with E-state index < -0.39 is 5.60 Å². The monoisotopic (exact) mass is 368 g/mol. The van der Waals surface area contributed by atoms with Crippen LogP contribution < -0.4 is 10.6 Å². The Balaban J connectivity index is 1.70. The minimum Gasteiger partial charge on any atom is -0.383 e. The van der Waals surface area contributed by atoms with Gasteiger partial charge in [0.15, 0.2) is 5.96 Å². The predicted octanol–water partition coefficient (Wildman–Crippen LogP) is 1.62. The number of ether oxygens (including phenoxy) is 1. The second-order valence-corrected chi connectivity index (χ2v) is 7.35. The Morgan fingerprint density at radius 3 is 2.84 bits per heavy atom. The average molecular weight is 369 g/mol. The zero-order chi connectivity index (χ0) is 18.0. The van der Waals surface area contributed by atoms with E-state index >= 15 is 0 Å². The molecule has 1 atom stereocenters. The van der Waals surface area contributed by atoms with Crippen LogP contribution in [0.4, 0.5) is 0 Å². The first kappa shape index (κ1) is 20.2. The van der Waals surface area contributed by atoms with Crippen molar-refractivity contribution in [3.8, 4) is 0 Å². The second-order valence-electron chi connectivity index (χ2n) is 6.57. The van der Waals surface area contributed by atoms with Gasteiger partial charge in [0, 0.05) is 26.2 Å². The van der Waals surface area contributed by atoms with Crippen LogP contribution in [0.5, 0.6) is 0 Å². The molecule has 0 saturated carbocycles. The summed E-state index contributed by atoms with van der Waals surface area (Å²) >= 11 is 1.59. The Labute approximate surface area is 155 Å². The Kier molecular flexibility index (Phi) is 8.67. The molecule has 0 spiro atoms. The van der Waals surface area contributed by atoms with Crippen LogP contribution in [0.25, 0.3) is 0 Å². The SMILES string of the molecule is CCNC(=NCC(C)(O)c1ccsc1)NCCCCN1CCOCC1. The van der Waals surface area contributed by atoms with Crippen molar-refractivity contribution < 1.29 is 9.84 Å². The molecule has 7 heteroatoms. The van der Waals surface area contributed by atoms with Crippen molar-refractivity contribution in [2.75, 3.05) is 52.5 Å². The van der Waals surface area contributed by atoms with Gasteiger partial charge in [0.25, 0.3) is 0 Å². The summed E-state index contributed by atoms with van der Waals surface area (Å²) in [5, 5.41) is 21.1. The van der Waals surface area contributed by atoms with Crippen molar-refractivity contribution in [2.45, 2.75) is 32.3 Å². The molecule has 1 aromatic rings. The molecule has 0 amide bonds. The van der Waals surface area contributed by atoms with Gasteiger partial charge in [-0.25, -0.2) is 4.99 Å². The smallest absolute Gasteiger partial charge is 0.191 e. The lowest BCUT2D eigenvalue weighted by Crippen LogP contribution is -2.40. The fourth-order valence-electron chi connectivity index (χ4n) is 2.73. The van der Waals surface area contributed by atoms with Gasteiger partial charge in [0.2, 0.25) is 0 Å². The van der Waals surface area contributed by atoms with Crippen LogP contribution in [0.1, 0.15) is 32.3 Å². The van der Waals surface area contributed by atoms with Gasteiger partial charge in [0.05, 0.1) is 19.8 Å². The topological polar surface area (TPSA) is 69.1 Å². The Hall–Kier alpha value is -1.15. The van der Waals surface area contributed by atoms with Gasteiger partial charge in [0.1, 0.15) is 5.60 Å². The standard InChI is InChI=1S/C18H32N4O2S/c1-3-19-17(21-15-18(2,23)16-6-13-25-14-16)20-7-4-5-8-22-9-11-24-12-10-22/h6,13-14,23H,3-5,7-12,15H2,1-2H3,(H2,19,20,21). The highest BCUT2D eigenvalue weighted by molar-refractivity contribution is 7.08. The first-order valence-electron chi connectivity index (χ1n) is 9.19. The summed E-state index contributed by atoms with van der Waals surface area (Å²) in [6.07, 6.45) is 2.27. The van der Waals surface area contributed by atoms with Crippen molar-refractivity contribution in [3.05, 3.63) is 22.4 Å². The summed E-state index contributed by atoms with van der Waals surface area (Å²) < 4.78 is 5.37. The van der Waals surface area contributed by atoms with Crippen molar-refractivity contribution >= 4 is 17.3 Å². The molecule has 6 nitrogen and oxygen atoms in total. The zero-order valence-electron chi connectivity index (χ0n) is 15.5. The van der Waals surface area contributed by atoms with Gasteiger partial charge >= 0.3 is 0 Å². The molecule has 1 aromatic heterocycles. The van der Waals surface area contributed by atoms with Gasteiger partial charge in [-0.05, 0) is 55.6 Å². The highest BCUT2D eigenvalue weighted by Crippen LogP contribution is 2.23. The lowest BCUT2D eigenvalue weighted by atomic mass is 10.00. The van der Waals surface area contributed by atoms with Crippen molar-refractivity contribution in [3.63, 3.8) is 0 Å². The van der Waals surface area contributed by atoms with Crippen LogP contribution >= 0.6 is 11.3 Å². The lowest BCUT2D eigenvalue weighted by molar-refractivity contribution is 0.0372. The summed E-state index contributed by atoms with van der Waals surface area (Å²) in [6, 6.07) is 1.95. The third kappa shape index (κ3) is 7.32. The number of unbranched alkanes of at least 4 members (excludes halogenated alkanes) is 1. The molecule has 1 saturated heterocycles. The molecule has 25 heavy (non-hydrogen) atoms. The molecule has 1 aliphatic rings. The molecule has 2 rings (SSSR count). The minimum absolute atomic E-state index is 0.340. The first-order chi connectivity index (χ1) is 12.1. The molecule has 3 N–H and O–H groups in total. The molecule has 2 heterocycles. The molecule has 0 radical (unpaired) electrons. The van der Waals surface area contributed by atoms with E-state index in [1.165, 1.54) is 6.42 Å². The number of rotatable bonds is 9. The number of guanidine groups is 1. The molecule has 0 bridgehead atoms. The molecule has 1 unspecified atom stereocenters.